The minimum Gasteiger partial charge on any atom is -0.508 e. The molecule has 2 heterocycles. The van der Waals surface area contributed by atoms with Crippen molar-refractivity contribution >= 4 is 40.5 Å². The maximum absolute atomic E-state index is 13.8. The van der Waals surface area contributed by atoms with Crippen molar-refractivity contribution in [1.82, 2.24) is 30.9 Å². The van der Waals surface area contributed by atoms with Crippen LogP contribution in [0.3, 0.4) is 0 Å². The number of phenols is 1. The number of nitrogens with zero attached hydrogens (tertiary/aromatic N) is 1. The van der Waals surface area contributed by atoms with Crippen LogP contribution in [0.25, 0.3) is 10.9 Å². The predicted octanol–water partition coefficient (Wildman–Crippen LogP) is -0.244. The fourth-order valence-corrected chi connectivity index (χ4v) is 4.88. The Morgan fingerprint density at radius 2 is 1.48 bits per heavy atom. The number of aliphatic carboxylic acids is 1. The number of fused-ring (bicyclic) bond motifs is 1. The number of carboxylic acid groups (broad SMARTS) is 1. The Hall–Kier alpha value is -5.70. The summed E-state index contributed by atoms with van der Waals surface area (Å²) in [5.41, 5.74) is 13.7. The van der Waals surface area contributed by atoms with Crippen molar-refractivity contribution in [3.63, 3.8) is 0 Å². The number of H-pyrrole nitrogens is 2. The van der Waals surface area contributed by atoms with Crippen LogP contribution < -0.4 is 27.4 Å². The molecule has 46 heavy (non-hydrogen) atoms. The Labute approximate surface area is 263 Å². The molecular formula is C31H36N8O7. The average Bonchev–Trinajstić information content (AvgIpc) is 3.69. The zero-order valence-corrected chi connectivity index (χ0v) is 24.7. The second kappa shape index (κ2) is 15.3. The molecule has 0 spiro atoms. The summed E-state index contributed by atoms with van der Waals surface area (Å²) >= 11 is 0. The van der Waals surface area contributed by atoms with Crippen molar-refractivity contribution in [2.75, 3.05) is 0 Å². The number of carbonyl (C=O) groups is 5. The number of benzene rings is 2. The molecule has 0 aliphatic heterocycles. The van der Waals surface area contributed by atoms with Gasteiger partial charge in [-0.1, -0.05) is 30.3 Å². The molecule has 4 amide bonds. The number of aromatic nitrogens is 3. The SMILES string of the molecule is NC(=O)CCC(N)C(=O)NC(Cc1ccc(O)cc1)C(=O)NC(Cc1c[nH]c2ccccc12)C(=O)NC(Cc1cnc[nH]1)C(=O)O. The maximum Gasteiger partial charge on any atom is 0.326 e. The van der Waals surface area contributed by atoms with E-state index in [1.165, 1.54) is 24.7 Å². The number of primary amides is 1. The van der Waals surface area contributed by atoms with E-state index in [0.717, 1.165) is 10.9 Å². The molecule has 242 valence electrons. The van der Waals surface area contributed by atoms with Crippen LogP contribution in [0.2, 0.25) is 0 Å². The van der Waals surface area contributed by atoms with Gasteiger partial charge in [0.05, 0.1) is 12.4 Å². The van der Waals surface area contributed by atoms with Crippen molar-refractivity contribution in [3.8, 4) is 5.75 Å². The van der Waals surface area contributed by atoms with E-state index in [1.807, 2.05) is 24.3 Å². The van der Waals surface area contributed by atoms with Crippen LogP contribution in [0.1, 0.15) is 29.7 Å². The number of aromatic hydroxyl groups is 1. The highest BCUT2D eigenvalue weighted by Gasteiger charge is 2.31. The second-order valence-corrected chi connectivity index (χ2v) is 10.8. The minimum absolute atomic E-state index is 0.000777. The molecule has 0 saturated heterocycles. The van der Waals surface area contributed by atoms with Crippen LogP contribution in [0.5, 0.6) is 5.75 Å². The maximum atomic E-state index is 13.8. The topological polar surface area (TPSA) is 258 Å². The smallest absolute Gasteiger partial charge is 0.326 e. The third-order valence-electron chi connectivity index (χ3n) is 7.37. The summed E-state index contributed by atoms with van der Waals surface area (Å²) in [7, 11) is 0. The first-order valence-electron chi connectivity index (χ1n) is 14.5. The highest BCUT2D eigenvalue weighted by molar-refractivity contribution is 5.95. The number of nitrogens with one attached hydrogen (secondary N) is 5. The van der Waals surface area contributed by atoms with Crippen molar-refractivity contribution in [3.05, 3.63) is 84.1 Å². The van der Waals surface area contributed by atoms with Crippen LogP contribution in [-0.2, 0) is 43.2 Å². The number of carboxylic acids is 1. The highest BCUT2D eigenvalue weighted by Crippen LogP contribution is 2.20. The summed E-state index contributed by atoms with van der Waals surface area (Å²) in [5, 5.41) is 28.1. The molecule has 0 aliphatic rings. The lowest BCUT2D eigenvalue weighted by Crippen LogP contribution is -2.58. The number of amides is 4. The van der Waals surface area contributed by atoms with Crippen molar-refractivity contribution < 1.29 is 34.2 Å². The van der Waals surface area contributed by atoms with Gasteiger partial charge in [-0.2, -0.15) is 0 Å². The largest absolute Gasteiger partial charge is 0.508 e. The molecule has 0 radical (unpaired) electrons. The third-order valence-corrected chi connectivity index (χ3v) is 7.37. The van der Waals surface area contributed by atoms with Crippen molar-refractivity contribution in [1.29, 1.82) is 0 Å². The van der Waals surface area contributed by atoms with Gasteiger partial charge in [-0.15, -0.1) is 0 Å². The zero-order chi connectivity index (χ0) is 33.2. The minimum atomic E-state index is -1.34. The van der Waals surface area contributed by atoms with E-state index in [2.05, 4.69) is 30.9 Å². The number of hydrogen-bond acceptors (Lipinski definition) is 8. The van der Waals surface area contributed by atoms with E-state index in [0.29, 0.717) is 16.8 Å². The summed E-state index contributed by atoms with van der Waals surface area (Å²) in [4.78, 5) is 73.5. The molecule has 0 aliphatic carbocycles. The van der Waals surface area contributed by atoms with Crippen molar-refractivity contribution in [2.24, 2.45) is 11.5 Å². The van der Waals surface area contributed by atoms with Gasteiger partial charge in [0, 0.05) is 54.7 Å². The molecule has 15 heteroatoms. The Balaban J connectivity index is 1.60. The van der Waals surface area contributed by atoms with Gasteiger partial charge in [0.25, 0.3) is 0 Å². The Bertz CT molecular complexity index is 1670. The van der Waals surface area contributed by atoms with Crippen LogP contribution in [-0.4, -0.2) is 78.9 Å². The molecule has 15 nitrogen and oxygen atoms in total. The van der Waals surface area contributed by atoms with Crippen LogP contribution in [0.15, 0.2) is 67.3 Å². The number of rotatable bonds is 16. The van der Waals surface area contributed by atoms with Crippen molar-refractivity contribution in [2.45, 2.75) is 56.3 Å². The van der Waals surface area contributed by atoms with E-state index in [-0.39, 0.29) is 37.9 Å². The lowest BCUT2D eigenvalue weighted by molar-refractivity contribution is -0.142. The lowest BCUT2D eigenvalue weighted by Gasteiger charge is -2.25. The number of nitrogens with two attached hydrogens (primary N) is 2. The second-order valence-electron chi connectivity index (χ2n) is 10.8. The van der Waals surface area contributed by atoms with Gasteiger partial charge in [-0.05, 0) is 35.7 Å². The first-order valence-corrected chi connectivity index (χ1v) is 14.5. The molecule has 4 rings (SSSR count). The molecule has 2 aromatic carbocycles. The molecule has 0 bridgehead atoms. The monoisotopic (exact) mass is 632 g/mol. The molecular weight excluding hydrogens is 596 g/mol. The summed E-state index contributed by atoms with van der Waals surface area (Å²) in [6.07, 6.45) is 4.19. The summed E-state index contributed by atoms with van der Waals surface area (Å²) in [6, 6.07) is 8.34. The Kier molecular flexibility index (Phi) is 11.1. The first kappa shape index (κ1) is 33.2. The normalized spacial score (nSPS) is 13.7. The quantitative estimate of drug-likeness (QED) is 0.0788. The van der Waals surface area contributed by atoms with E-state index in [9.17, 15) is 34.2 Å². The van der Waals surface area contributed by atoms with Gasteiger partial charge in [0.1, 0.15) is 23.9 Å². The van der Waals surface area contributed by atoms with E-state index >= 15 is 0 Å². The Morgan fingerprint density at radius 3 is 2.13 bits per heavy atom. The van der Waals surface area contributed by atoms with E-state index in [4.69, 9.17) is 11.5 Å². The predicted molar refractivity (Wildman–Crippen MR) is 166 cm³/mol. The molecule has 4 atom stereocenters. The van der Waals surface area contributed by atoms with Gasteiger partial charge in [-0.3, -0.25) is 19.2 Å². The molecule has 0 fully saturated rings. The summed E-state index contributed by atoms with van der Waals surface area (Å²) in [5.74, 6) is -4.16. The highest BCUT2D eigenvalue weighted by atomic mass is 16.4. The Morgan fingerprint density at radius 1 is 0.826 bits per heavy atom. The average molecular weight is 633 g/mol. The number of hydrogen-bond donors (Lipinski definition) is 9. The molecule has 0 saturated carbocycles. The number of imidazole rings is 1. The number of carbonyl (C=O) groups excluding carboxylic acids is 4. The van der Waals surface area contributed by atoms with E-state index < -0.39 is 53.8 Å². The third kappa shape index (κ3) is 9.15. The molecule has 11 N–H and O–H groups in total. The van der Waals surface area contributed by atoms with E-state index in [1.54, 1.807) is 18.3 Å². The van der Waals surface area contributed by atoms with Gasteiger partial charge in [0.2, 0.25) is 23.6 Å². The van der Waals surface area contributed by atoms with Gasteiger partial charge >= 0.3 is 5.97 Å². The molecule has 4 aromatic rings. The van der Waals surface area contributed by atoms with Gasteiger partial charge in [0.15, 0.2) is 0 Å². The van der Waals surface area contributed by atoms with Crippen LogP contribution in [0, 0.1) is 0 Å². The standard InChI is InChI=1S/C31H36N8O7/c32-22(9-10-27(33)41)28(42)37-24(11-17-5-7-20(40)8-6-17)29(43)38-25(12-18-14-35-23-4-2-1-3-21(18)23)30(44)39-26(31(45)46)13-19-15-34-16-36-19/h1-8,14-16,22,24-26,35,40H,9-13,32H2,(H2,33,41)(H,34,36)(H,37,42)(H,38,43)(H,39,44)(H,45,46). The summed E-state index contributed by atoms with van der Waals surface area (Å²) in [6.45, 7) is 0. The fourth-order valence-electron chi connectivity index (χ4n) is 4.88. The lowest BCUT2D eigenvalue weighted by atomic mass is 10.0. The van der Waals surface area contributed by atoms with Crippen LogP contribution in [0.4, 0.5) is 0 Å². The van der Waals surface area contributed by atoms with Gasteiger partial charge < -0.3 is 47.6 Å². The number of phenolic OH excluding ortho intramolecular Hbond substituents is 1. The van der Waals surface area contributed by atoms with Crippen LogP contribution >= 0.6 is 0 Å². The number of para-hydroxylation sites is 1. The molecule has 2 aromatic heterocycles. The first-order chi connectivity index (χ1) is 22.0. The number of aromatic amines is 2. The van der Waals surface area contributed by atoms with Gasteiger partial charge in [-0.25, -0.2) is 9.78 Å². The zero-order valence-electron chi connectivity index (χ0n) is 24.7. The molecule has 4 unspecified atom stereocenters. The summed E-state index contributed by atoms with van der Waals surface area (Å²) < 4.78 is 0. The fraction of sp³-hybridized carbons (Fsp3) is 0.290.